The molecule has 0 aliphatic rings. The molecule has 1 aromatic carbocycles. The van der Waals surface area contributed by atoms with Crippen molar-refractivity contribution < 1.29 is 0 Å². The average Bonchev–Trinajstić information content (AvgIpc) is 2.77. The third-order valence-corrected chi connectivity index (χ3v) is 3.31. The van der Waals surface area contributed by atoms with Gasteiger partial charge in [-0.1, -0.05) is 17.7 Å². The lowest BCUT2D eigenvalue weighted by atomic mass is 10.2. The second-order valence-electron chi connectivity index (χ2n) is 4.31. The first-order valence-electron chi connectivity index (χ1n) is 6.01. The molecule has 0 atom stereocenters. The Morgan fingerprint density at radius 2 is 2.00 bits per heavy atom. The maximum Gasteiger partial charge on any atom is 0.147 e. The molecule has 0 saturated carbocycles. The number of nitrogens with zero attached hydrogens (tertiary/aromatic N) is 3. The molecule has 3 aromatic rings. The molecular formula is C14H13ClN4. The zero-order valence-corrected chi connectivity index (χ0v) is 11.0. The minimum absolute atomic E-state index is 0.501. The van der Waals surface area contributed by atoms with E-state index in [4.69, 9.17) is 17.3 Å². The lowest BCUT2D eigenvalue weighted by Gasteiger charge is -2.04. The van der Waals surface area contributed by atoms with Gasteiger partial charge in [0, 0.05) is 35.5 Å². The molecule has 0 aliphatic heterocycles. The maximum atomic E-state index is 6.07. The van der Waals surface area contributed by atoms with Crippen LogP contribution in [0.4, 0.5) is 0 Å². The third kappa shape index (κ3) is 2.32. The van der Waals surface area contributed by atoms with E-state index in [1.807, 2.05) is 24.4 Å². The Morgan fingerprint density at radius 3 is 2.74 bits per heavy atom. The molecule has 19 heavy (non-hydrogen) atoms. The van der Waals surface area contributed by atoms with Crippen molar-refractivity contribution in [3.63, 3.8) is 0 Å². The Hall–Kier alpha value is -1.91. The monoisotopic (exact) mass is 272 g/mol. The van der Waals surface area contributed by atoms with Crippen LogP contribution in [0.2, 0.25) is 5.02 Å². The van der Waals surface area contributed by atoms with Crippen LogP contribution in [0.25, 0.3) is 10.9 Å². The zero-order chi connectivity index (χ0) is 13.2. The smallest absolute Gasteiger partial charge is 0.147 e. The van der Waals surface area contributed by atoms with Crippen LogP contribution in [-0.4, -0.2) is 14.5 Å². The molecule has 0 aliphatic carbocycles. The highest BCUT2D eigenvalue weighted by Gasteiger charge is 2.09. The summed E-state index contributed by atoms with van der Waals surface area (Å²) in [5, 5.41) is 1.84. The van der Waals surface area contributed by atoms with Crippen LogP contribution in [-0.2, 0) is 13.1 Å². The van der Waals surface area contributed by atoms with Gasteiger partial charge in [0.05, 0.1) is 12.1 Å². The Labute approximate surface area is 115 Å². The second-order valence-corrected chi connectivity index (χ2v) is 4.75. The van der Waals surface area contributed by atoms with Gasteiger partial charge >= 0.3 is 0 Å². The number of halogens is 1. The highest BCUT2D eigenvalue weighted by Crippen LogP contribution is 2.25. The van der Waals surface area contributed by atoms with Crippen LogP contribution in [0.15, 0.2) is 42.9 Å². The van der Waals surface area contributed by atoms with Crippen molar-refractivity contribution in [1.82, 2.24) is 14.5 Å². The number of fused-ring (bicyclic) bond motifs is 1. The van der Waals surface area contributed by atoms with Crippen molar-refractivity contribution in [2.45, 2.75) is 13.1 Å². The molecule has 0 unspecified atom stereocenters. The molecule has 0 amide bonds. The molecule has 0 spiro atoms. The summed E-state index contributed by atoms with van der Waals surface area (Å²) in [6.07, 6.45) is 5.52. The van der Waals surface area contributed by atoms with Crippen LogP contribution in [0, 0.1) is 0 Å². The number of aromatic nitrogens is 3. The van der Waals surface area contributed by atoms with E-state index in [2.05, 4.69) is 14.5 Å². The quantitative estimate of drug-likeness (QED) is 0.797. The topological polar surface area (TPSA) is 56.7 Å². The van der Waals surface area contributed by atoms with E-state index in [-0.39, 0.29) is 0 Å². The maximum absolute atomic E-state index is 6.07. The van der Waals surface area contributed by atoms with Gasteiger partial charge in [0.1, 0.15) is 5.82 Å². The summed E-state index contributed by atoms with van der Waals surface area (Å²) in [5.74, 6) is 0.767. The second kappa shape index (κ2) is 4.99. The first kappa shape index (κ1) is 12.1. The van der Waals surface area contributed by atoms with Crippen molar-refractivity contribution in [1.29, 1.82) is 0 Å². The van der Waals surface area contributed by atoms with Gasteiger partial charge in [-0.15, -0.1) is 0 Å². The molecule has 2 heterocycles. The van der Waals surface area contributed by atoms with Gasteiger partial charge in [-0.2, -0.15) is 0 Å². The Kier molecular flexibility index (Phi) is 3.19. The summed E-state index contributed by atoms with van der Waals surface area (Å²) in [4.78, 5) is 8.48. The summed E-state index contributed by atoms with van der Waals surface area (Å²) in [7, 11) is 0. The predicted molar refractivity (Wildman–Crippen MR) is 76.0 cm³/mol. The van der Waals surface area contributed by atoms with Gasteiger partial charge in [0.2, 0.25) is 0 Å². The molecule has 0 radical (unpaired) electrons. The summed E-state index contributed by atoms with van der Waals surface area (Å²) in [6, 6.07) is 7.63. The molecule has 5 heteroatoms. The lowest BCUT2D eigenvalue weighted by Crippen LogP contribution is -2.02. The summed E-state index contributed by atoms with van der Waals surface area (Å²) in [6.45, 7) is 1.11. The molecule has 2 aromatic heterocycles. The summed E-state index contributed by atoms with van der Waals surface area (Å²) >= 11 is 6.07. The minimum atomic E-state index is 0.501. The van der Waals surface area contributed by atoms with Crippen LogP contribution < -0.4 is 5.73 Å². The zero-order valence-electron chi connectivity index (χ0n) is 10.3. The number of benzene rings is 1. The Morgan fingerprint density at radius 1 is 1.21 bits per heavy atom. The molecule has 4 nitrogen and oxygen atoms in total. The van der Waals surface area contributed by atoms with E-state index in [1.165, 1.54) is 0 Å². The molecule has 0 bridgehead atoms. The first-order valence-corrected chi connectivity index (χ1v) is 6.39. The standard InChI is InChI=1S/C14H13ClN4/c15-11-2-3-12-10(7-16)8-19(13(12)6-11)9-14-17-4-1-5-18-14/h1-6,8H,7,9,16H2. The molecule has 3 rings (SSSR count). The van der Waals surface area contributed by atoms with Crippen molar-refractivity contribution in [2.75, 3.05) is 0 Å². The van der Waals surface area contributed by atoms with Crippen molar-refractivity contribution in [2.24, 2.45) is 5.73 Å². The van der Waals surface area contributed by atoms with Gasteiger partial charge in [-0.05, 0) is 23.8 Å². The highest BCUT2D eigenvalue weighted by molar-refractivity contribution is 6.31. The first-order chi connectivity index (χ1) is 9.28. The van der Waals surface area contributed by atoms with Crippen molar-refractivity contribution in [3.8, 4) is 0 Å². The number of hydrogen-bond acceptors (Lipinski definition) is 3. The van der Waals surface area contributed by atoms with Gasteiger partial charge in [0.15, 0.2) is 0 Å². The van der Waals surface area contributed by atoms with E-state index >= 15 is 0 Å². The fourth-order valence-corrected chi connectivity index (χ4v) is 2.36. The number of hydrogen-bond donors (Lipinski definition) is 1. The lowest BCUT2D eigenvalue weighted by molar-refractivity contribution is 0.767. The van der Waals surface area contributed by atoms with Crippen LogP contribution in [0.5, 0.6) is 0 Å². The predicted octanol–water partition coefficient (Wildman–Crippen LogP) is 2.59. The van der Waals surface area contributed by atoms with Crippen LogP contribution in [0.1, 0.15) is 11.4 Å². The van der Waals surface area contributed by atoms with E-state index in [1.54, 1.807) is 18.5 Å². The minimum Gasteiger partial charge on any atom is -0.339 e. The number of rotatable bonds is 3. The van der Waals surface area contributed by atoms with Crippen LogP contribution >= 0.6 is 11.6 Å². The molecular weight excluding hydrogens is 260 g/mol. The highest BCUT2D eigenvalue weighted by atomic mass is 35.5. The normalized spacial score (nSPS) is 11.1. The molecule has 0 fully saturated rings. The summed E-state index contributed by atoms with van der Waals surface area (Å²) < 4.78 is 2.08. The molecule has 96 valence electrons. The van der Waals surface area contributed by atoms with Gasteiger partial charge in [-0.25, -0.2) is 9.97 Å². The average molecular weight is 273 g/mol. The fourth-order valence-electron chi connectivity index (χ4n) is 2.20. The van der Waals surface area contributed by atoms with Gasteiger partial charge in [-0.3, -0.25) is 0 Å². The van der Waals surface area contributed by atoms with Gasteiger partial charge < -0.3 is 10.3 Å². The van der Waals surface area contributed by atoms with E-state index < -0.39 is 0 Å². The van der Waals surface area contributed by atoms with Crippen molar-refractivity contribution in [3.05, 3.63) is 59.3 Å². The van der Waals surface area contributed by atoms with E-state index in [0.29, 0.717) is 18.1 Å². The van der Waals surface area contributed by atoms with E-state index in [0.717, 1.165) is 22.3 Å². The van der Waals surface area contributed by atoms with Crippen LogP contribution in [0.3, 0.4) is 0 Å². The largest absolute Gasteiger partial charge is 0.339 e. The molecule has 2 N–H and O–H groups in total. The summed E-state index contributed by atoms with van der Waals surface area (Å²) in [5.41, 5.74) is 7.94. The Balaban J connectivity index is 2.10. The third-order valence-electron chi connectivity index (χ3n) is 3.08. The SMILES string of the molecule is NCc1cn(Cc2ncccn2)c2cc(Cl)ccc12. The van der Waals surface area contributed by atoms with E-state index in [9.17, 15) is 0 Å². The fraction of sp³-hybridized carbons (Fsp3) is 0.143. The van der Waals surface area contributed by atoms with Crippen molar-refractivity contribution >= 4 is 22.5 Å². The Bertz CT molecular complexity index is 706. The number of nitrogens with two attached hydrogens (primary N) is 1. The van der Waals surface area contributed by atoms with Gasteiger partial charge in [0.25, 0.3) is 0 Å². The molecule has 0 saturated heterocycles.